The number of nitrogens with zero attached hydrogens (tertiary/aromatic N) is 3. The molecule has 5 heteroatoms. The Morgan fingerprint density at radius 2 is 2.11 bits per heavy atom. The van der Waals surface area contributed by atoms with Gasteiger partial charge >= 0.3 is 0 Å². The molecule has 0 bridgehead atoms. The van der Waals surface area contributed by atoms with Crippen LogP contribution in [0.5, 0.6) is 0 Å². The Morgan fingerprint density at radius 3 is 2.79 bits per heavy atom. The number of aromatic nitrogens is 3. The van der Waals surface area contributed by atoms with Gasteiger partial charge in [0.2, 0.25) is 0 Å². The van der Waals surface area contributed by atoms with Crippen molar-refractivity contribution in [2.75, 3.05) is 6.54 Å². The molecule has 0 spiro atoms. The predicted molar refractivity (Wildman–Crippen MR) is 79.1 cm³/mol. The van der Waals surface area contributed by atoms with E-state index in [0.717, 1.165) is 34.7 Å². The molecule has 2 aromatic heterocycles. The molecule has 2 heterocycles. The smallest absolute Gasteiger partial charge is 0.160 e. The Hall–Kier alpha value is -0.940. The fourth-order valence-corrected chi connectivity index (χ4v) is 3.40. The van der Waals surface area contributed by atoms with Crippen LogP contribution in [0.3, 0.4) is 0 Å². The summed E-state index contributed by atoms with van der Waals surface area (Å²) in [6, 6.07) is 3.97. The van der Waals surface area contributed by atoms with E-state index in [2.05, 4.69) is 37.5 Å². The largest absolute Gasteiger partial charge is 0.329 e. The van der Waals surface area contributed by atoms with E-state index in [-0.39, 0.29) is 5.41 Å². The van der Waals surface area contributed by atoms with Crippen LogP contribution in [0.4, 0.5) is 0 Å². The summed E-state index contributed by atoms with van der Waals surface area (Å²) in [4.78, 5) is 0. The molecule has 0 unspecified atom stereocenters. The maximum Gasteiger partial charge on any atom is 0.160 e. The maximum absolute atomic E-state index is 6.11. The normalized spacial score (nSPS) is 27.8. The Balaban J connectivity index is 2.08. The highest BCUT2D eigenvalue weighted by atomic mass is 79.9. The minimum absolute atomic E-state index is 0.00722. The highest BCUT2D eigenvalue weighted by Crippen LogP contribution is 2.40. The van der Waals surface area contributed by atoms with Gasteiger partial charge in [-0.3, -0.25) is 4.40 Å². The minimum atomic E-state index is -0.00722. The van der Waals surface area contributed by atoms with Gasteiger partial charge in [0.15, 0.2) is 5.65 Å². The Kier molecular flexibility index (Phi) is 3.35. The van der Waals surface area contributed by atoms with Crippen molar-refractivity contribution < 1.29 is 0 Å². The standard InChI is InChI=1S/C14H19BrN4/c1-10-4-6-14(9-16,7-5-10)13-18-17-12-3-2-11(15)8-19(12)13/h2-3,8,10H,4-7,9,16H2,1H3. The quantitative estimate of drug-likeness (QED) is 0.924. The second-order valence-corrected chi connectivity index (χ2v) is 6.68. The van der Waals surface area contributed by atoms with Crippen LogP contribution in [-0.4, -0.2) is 21.1 Å². The number of rotatable bonds is 2. The van der Waals surface area contributed by atoms with E-state index in [0.29, 0.717) is 6.54 Å². The maximum atomic E-state index is 6.11. The number of hydrogen-bond acceptors (Lipinski definition) is 3. The molecule has 0 radical (unpaired) electrons. The van der Waals surface area contributed by atoms with Crippen molar-refractivity contribution in [1.29, 1.82) is 0 Å². The van der Waals surface area contributed by atoms with Crippen LogP contribution in [-0.2, 0) is 5.41 Å². The van der Waals surface area contributed by atoms with Crippen LogP contribution in [0.1, 0.15) is 38.4 Å². The fraction of sp³-hybridized carbons (Fsp3) is 0.571. The average Bonchev–Trinajstić information content (AvgIpc) is 2.84. The minimum Gasteiger partial charge on any atom is -0.329 e. The summed E-state index contributed by atoms with van der Waals surface area (Å²) in [7, 11) is 0. The van der Waals surface area contributed by atoms with Gasteiger partial charge < -0.3 is 5.73 Å². The van der Waals surface area contributed by atoms with Crippen molar-refractivity contribution in [2.45, 2.75) is 38.0 Å². The molecule has 0 saturated heterocycles. The third-order valence-electron chi connectivity index (χ3n) is 4.46. The molecular formula is C14H19BrN4. The summed E-state index contributed by atoms with van der Waals surface area (Å²) >= 11 is 3.52. The van der Waals surface area contributed by atoms with E-state index in [1.165, 1.54) is 12.8 Å². The Labute approximate surface area is 121 Å². The van der Waals surface area contributed by atoms with Gasteiger partial charge in [0, 0.05) is 22.6 Å². The van der Waals surface area contributed by atoms with Crippen LogP contribution < -0.4 is 5.73 Å². The van der Waals surface area contributed by atoms with Gasteiger partial charge in [0.1, 0.15) is 5.82 Å². The molecule has 1 aliphatic rings. The van der Waals surface area contributed by atoms with Gasteiger partial charge in [-0.05, 0) is 59.7 Å². The lowest BCUT2D eigenvalue weighted by Gasteiger charge is -2.37. The van der Waals surface area contributed by atoms with Crippen LogP contribution in [0.25, 0.3) is 5.65 Å². The second-order valence-electron chi connectivity index (χ2n) is 5.77. The molecule has 0 atom stereocenters. The van der Waals surface area contributed by atoms with Crippen molar-refractivity contribution in [2.24, 2.45) is 11.7 Å². The third-order valence-corrected chi connectivity index (χ3v) is 4.93. The van der Waals surface area contributed by atoms with Gasteiger partial charge in [0.05, 0.1) is 0 Å². The van der Waals surface area contributed by atoms with Gasteiger partial charge in [0.25, 0.3) is 0 Å². The van der Waals surface area contributed by atoms with E-state index in [9.17, 15) is 0 Å². The first-order valence-electron chi connectivity index (χ1n) is 6.85. The van der Waals surface area contributed by atoms with Gasteiger partial charge in [-0.15, -0.1) is 10.2 Å². The first-order chi connectivity index (χ1) is 9.14. The monoisotopic (exact) mass is 322 g/mol. The highest BCUT2D eigenvalue weighted by molar-refractivity contribution is 9.10. The lowest BCUT2D eigenvalue weighted by molar-refractivity contribution is 0.235. The number of hydrogen-bond donors (Lipinski definition) is 1. The van der Waals surface area contributed by atoms with Crippen LogP contribution in [0.2, 0.25) is 0 Å². The molecule has 3 rings (SSSR count). The number of nitrogens with two attached hydrogens (primary N) is 1. The third kappa shape index (κ3) is 2.19. The molecule has 1 saturated carbocycles. The number of pyridine rings is 1. The van der Waals surface area contributed by atoms with Crippen molar-refractivity contribution in [3.8, 4) is 0 Å². The van der Waals surface area contributed by atoms with Crippen molar-refractivity contribution >= 4 is 21.6 Å². The SMILES string of the molecule is CC1CCC(CN)(c2nnc3ccc(Br)cn23)CC1. The summed E-state index contributed by atoms with van der Waals surface area (Å²) in [6.45, 7) is 2.96. The van der Waals surface area contributed by atoms with Crippen LogP contribution in [0, 0.1) is 5.92 Å². The molecule has 0 amide bonds. The van der Waals surface area contributed by atoms with Gasteiger partial charge in [-0.25, -0.2) is 0 Å². The molecule has 2 aromatic rings. The van der Waals surface area contributed by atoms with Crippen LogP contribution in [0.15, 0.2) is 22.8 Å². The van der Waals surface area contributed by atoms with E-state index in [4.69, 9.17) is 5.73 Å². The first kappa shape index (κ1) is 13.1. The summed E-state index contributed by atoms with van der Waals surface area (Å²) in [5.74, 6) is 1.82. The van der Waals surface area contributed by atoms with E-state index < -0.39 is 0 Å². The van der Waals surface area contributed by atoms with Crippen LogP contribution >= 0.6 is 15.9 Å². The summed E-state index contributed by atoms with van der Waals surface area (Å²) in [5, 5.41) is 8.72. The van der Waals surface area contributed by atoms with E-state index in [1.807, 2.05) is 18.3 Å². The molecule has 19 heavy (non-hydrogen) atoms. The molecule has 0 aliphatic heterocycles. The Bertz CT molecular complexity index is 584. The van der Waals surface area contributed by atoms with Crippen molar-refractivity contribution in [3.63, 3.8) is 0 Å². The van der Waals surface area contributed by atoms with E-state index >= 15 is 0 Å². The highest BCUT2D eigenvalue weighted by Gasteiger charge is 2.38. The van der Waals surface area contributed by atoms with Gasteiger partial charge in [-0.2, -0.15) is 0 Å². The predicted octanol–water partition coefficient (Wildman–Crippen LogP) is 2.90. The molecule has 1 aliphatic carbocycles. The van der Waals surface area contributed by atoms with Crippen molar-refractivity contribution in [1.82, 2.24) is 14.6 Å². The Morgan fingerprint density at radius 1 is 1.37 bits per heavy atom. The summed E-state index contributed by atoms with van der Waals surface area (Å²) < 4.78 is 3.13. The average molecular weight is 323 g/mol. The summed E-state index contributed by atoms with van der Waals surface area (Å²) in [6.07, 6.45) is 6.70. The second kappa shape index (κ2) is 4.87. The number of halogens is 1. The zero-order valence-corrected chi connectivity index (χ0v) is 12.7. The lowest BCUT2D eigenvalue weighted by Crippen LogP contribution is -2.40. The zero-order chi connectivity index (χ0) is 13.5. The van der Waals surface area contributed by atoms with E-state index in [1.54, 1.807) is 0 Å². The molecule has 4 nitrogen and oxygen atoms in total. The van der Waals surface area contributed by atoms with Gasteiger partial charge in [-0.1, -0.05) is 6.92 Å². The number of fused-ring (bicyclic) bond motifs is 1. The zero-order valence-electron chi connectivity index (χ0n) is 11.1. The molecule has 102 valence electrons. The fourth-order valence-electron chi connectivity index (χ4n) is 3.06. The lowest BCUT2D eigenvalue weighted by atomic mass is 9.70. The summed E-state index contributed by atoms with van der Waals surface area (Å²) in [5.41, 5.74) is 7.00. The molecule has 2 N–H and O–H groups in total. The molecule has 0 aromatic carbocycles. The van der Waals surface area contributed by atoms with Crippen molar-refractivity contribution in [3.05, 3.63) is 28.6 Å². The molecule has 1 fully saturated rings. The molecular weight excluding hydrogens is 304 g/mol. The topological polar surface area (TPSA) is 56.2 Å². The first-order valence-corrected chi connectivity index (χ1v) is 7.65.